The second-order valence-electron chi connectivity index (χ2n) is 3.77. The van der Waals surface area contributed by atoms with E-state index in [1.54, 1.807) is 36.4 Å². The predicted molar refractivity (Wildman–Crippen MR) is 82.3 cm³/mol. The van der Waals surface area contributed by atoms with Crippen LogP contribution in [-0.4, -0.2) is 17.2 Å². The molecule has 0 aliphatic rings. The minimum Gasteiger partial charge on any atom is -0.507 e. The van der Waals surface area contributed by atoms with E-state index in [0.717, 1.165) is 3.57 Å². The zero-order valence-electron chi connectivity index (χ0n) is 9.88. The molecule has 0 radical (unpaired) electrons. The highest BCUT2D eigenvalue weighted by Crippen LogP contribution is 2.12. The summed E-state index contributed by atoms with van der Waals surface area (Å²) in [5.74, 6) is -0.167. The van der Waals surface area contributed by atoms with Gasteiger partial charge in [-0.1, -0.05) is 18.2 Å². The molecule has 0 spiro atoms. The Morgan fingerprint density at radius 3 is 2.74 bits per heavy atom. The van der Waals surface area contributed by atoms with Crippen LogP contribution in [0.3, 0.4) is 0 Å². The fourth-order valence-corrected chi connectivity index (χ4v) is 1.99. The number of rotatable bonds is 3. The van der Waals surface area contributed by atoms with Crippen molar-refractivity contribution >= 4 is 34.7 Å². The number of amides is 1. The summed E-state index contributed by atoms with van der Waals surface area (Å²) in [4.78, 5) is 11.8. The highest BCUT2D eigenvalue weighted by molar-refractivity contribution is 14.1. The van der Waals surface area contributed by atoms with E-state index < -0.39 is 0 Å². The van der Waals surface area contributed by atoms with E-state index in [2.05, 4.69) is 33.1 Å². The van der Waals surface area contributed by atoms with Crippen molar-refractivity contribution in [1.82, 2.24) is 5.43 Å². The van der Waals surface area contributed by atoms with E-state index in [4.69, 9.17) is 0 Å². The molecule has 2 aromatic carbocycles. The molecule has 0 bridgehead atoms. The van der Waals surface area contributed by atoms with Crippen LogP contribution in [0.4, 0.5) is 0 Å². The van der Waals surface area contributed by atoms with E-state index >= 15 is 0 Å². The van der Waals surface area contributed by atoms with Gasteiger partial charge in [0.1, 0.15) is 5.75 Å². The van der Waals surface area contributed by atoms with Gasteiger partial charge in [-0.05, 0) is 52.9 Å². The van der Waals surface area contributed by atoms with Crippen molar-refractivity contribution in [2.75, 3.05) is 0 Å². The van der Waals surface area contributed by atoms with Crippen LogP contribution in [0.1, 0.15) is 15.9 Å². The molecule has 0 aliphatic carbocycles. The average molecular weight is 366 g/mol. The molecule has 1 amide bonds. The summed E-state index contributed by atoms with van der Waals surface area (Å²) < 4.78 is 0.981. The van der Waals surface area contributed by atoms with Crippen molar-refractivity contribution in [3.8, 4) is 5.75 Å². The SMILES string of the molecule is O=C(NN=Cc1ccccc1O)c1cccc(I)c1. The Morgan fingerprint density at radius 1 is 1.21 bits per heavy atom. The van der Waals surface area contributed by atoms with Crippen molar-refractivity contribution < 1.29 is 9.90 Å². The smallest absolute Gasteiger partial charge is 0.271 e. The van der Waals surface area contributed by atoms with Gasteiger partial charge in [-0.25, -0.2) is 5.43 Å². The summed E-state index contributed by atoms with van der Waals surface area (Å²) in [5.41, 5.74) is 3.51. The van der Waals surface area contributed by atoms with E-state index in [1.807, 2.05) is 12.1 Å². The van der Waals surface area contributed by atoms with Gasteiger partial charge in [0.15, 0.2) is 0 Å². The van der Waals surface area contributed by atoms with Crippen molar-refractivity contribution in [3.63, 3.8) is 0 Å². The summed E-state index contributed by atoms with van der Waals surface area (Å²) in [5, 5.41) is 13.3. The summed E-state index contributed by atoms with van der Waals surface area (Å²) in [6.07, 6.45) is 1.40. The van der Waals surface area contributed by atoms with E-state index in [9.17, 15) is 9.90 Å². The summed E-state index contributed by atoms with van der Waals surface area (Å²) in [6, 6.07) is 14.0. The first kappa shape index (κ1) is 13.5. The molecule has 5 heteroatoms. The summed E-state index contributed by atoms with van der Waals surface area (Å²) in [7, 11) is 0. The van der Waals surface area contributed by atoms with Gasteiger partial charge in [0, 0.05) is 14.7 Å². The predicted octanol–water partition coefficient (Wildman–Crippen LogP) is 2.76. The maximum Gasteiger partial charge on any atom is 0.271 e. The molecular formula is C14H11IN2O2. The van der Waals surface area contributed by atoms with Crippen LogP contribution in [0.15, 0.2) is 53.6 Å². The standard InChI is InChI=1S/C14H11IN2O2/c15-12-6-3-5-10(8-12)14(19)17-16-9-11-4-1-2-7-13(11)18/h1-9,18H,(H,17,19). The van der Waals surface area contributed by atoms with Crippen LogP contribution in [0, 0.1) is 3.57 Å². The van der Waals surface area contributed by atoms with Crippen LogP contribution in [0.5, 0.6) is 5.75 Å². The van der Waals surface area contributed by atoms with Crippen LogP contribution in [0.25, 0.3) is 0 Å². The molecular weight excluding hydrogens is 355 g/mol. The van der Waals surface area contributed by atoms with Gasteiger partial charge in [0.2, 0.25) is 0 Å². The number of para-hydroxylation sites is 1. The fourth-order valence-electron chi connectivity index (χ4n) is 1.45. The Kier molecular flexibility index (Phi) is 4.51. The van der Waals surface area contributed by atoms with Gasteiger partial charge in [-0.15, -0.1) is 0 Å². The third-order valence-corrected chi connectivity index (χ3v) is 3.06. The number of hydrogen-bond acceptors (Lipinski definition) is 3. The second-order valence-corrected chi connectivity index (χ2v) is 5.01. The number of hydrogen-bond donors (Lipinski definition) is 2. The van der Waals surface area contributed by atoms with Gasteiger partial charge < -0.3 is 5.11 Å². The molecule has 0 heterocycles. The lowest BCUT2D eigenvalue weighted by atomic mass is 10.2. The molecule has 2 N–H and O–H groups in total. The third kappa shape index (κ3) is 3.78. The molecule has 0 unspecified atom stereocenters. The van der Waals surface area contributed by atoms with E-state index in [-0.39, 0.29) is 11.7 Å². The Bertz CT molecular complexity index is 626. The highest BCUT2D eigenvalue weighted by atomic mass is 127. The number of nitrogens with zero attached hydrogens (tertiary/aromatic N) is 1. The third-order valence-electron chi connectivity index (χ3n) is 2.39. The summed E-state index contributed by atoms with van der Waals surface area (Å²) >= 11 is 2.14. The molecule has 4 nitrogen and oxygen atoms in total. The number of carbonyl (C=O) groups excluding carboxylic acids is 1. The second kappa shape index (κ2) is 6.33. The van der Waals surface area contributed by atoms with Gasteiger partial charge in [0.25, 0.3) is 5.91 Å². The van der Waals surface area contributed by atoms with Crippen LogP contribution in [-0.2, 0) is 0 Å². The minimum absolute atomic E-state index is 0.120. The monoisotopic (exact) mass is 366 g/mol. The van der Waals surface area contributed by atoms with Gasteiger partial charge in [-0.3, -0.25) is 4.79 Å². The van der Waals surface area contributed by atoms with Crippen LogP contribution in [0.2, 0.25) is 0 Å². The lowest BCUT2D eigenvalue weighted by Gasteiger charge is -2.00. The number of phenols is 1. The number of aromatic hydroxyl groups is 1. The number of nitrogens with one attached hydrogen (secondary N) is 1. The van der Waals surface area contributed by atoms with Crippen molar-refractivity contribution in [2.24, 2.45) is 5.10 Å². The molecule has 0 aliphatic heterocycles. The molecule has 0 fully saturated rings. The van der Waals surface area contributed by atoms with Crippen molar-refractivity contribution in [3.05, 3.63) is 63.2 Å². The Morgan fingerprint density at radius 2 is 2.00 bits per heavy atom. The lowest BCUT2D eigenvalue weighted by Crippen LogP contribution is -2.17. The first-order valence-corrected chi connectivity index (χ1v) is 6.61. The molecule has 0 atom stereocenters. The number of carbonyl (C=O) groups is 1. The van der Waals surface area contributed by atoms with Gasteiger partial charge in [0.05, 0.1) is 6.21 Å². The number of halogens is 1. The van der Waals surface area contributed by atoms with Crippen molar-refractivity contribution in [2.45, 2.75) is 0 Å². The molecule has 0 saturated heterocycles. The van der Waals surface area contributed by atoms with E-state index in [1.165, 1.54) is 6.21 Å². The first-order valence-electron chi connectivity index (χ1n) is 5.54. The van der Waals surface area contributed by atoms with Crippen LogP contribution >= 0.6 is 22.6 Å². The molecule has 0 aromatic heterocycles. The number of hydrazone groups is 1. The largest absolute Gasteiger partial charge is 0.507 e. The lowest BCUT2D eigenvalue weighted by molar-refractivity contribution is 0.0955. The van der Waals surface area contributed by atoms with E-state index in [0.29, 0.717) is 11.1 Å². The maximum absolute atomic E-state index is 11.8. The zero-order chi connectivity index (χ0) is 13.7. The molecule has 19 heavy (non-hydrogen) atoms. The maximum atomic E-state index is 11.8. The normalized spacial score (nSPS) is 10.6. The average Bonchev–Trinajstić information content (AvgIpc) is 2.41. The molecule has 96 valence electrons. The molecule has 2 aromatic rings. The van der Waals surface area contributed by atoms with Gasteiger partial charge >= 0.3 is 0 Å². The first-order chi connectivity index (χ1) is 9.16. The number of phenolic OH excluding ortho intramolecular Hbond substituents is 1. The summed E-state index contributed by atoms with van der Waals surface area (Å²) in [6.45, 7) is 0. The molecule has 0 saturated carbocycles. The minimum atomic E-state index is -0.287. The topological polar surface area (TPSA) is 61.7 Å². The fraction of sp³-hybridized carbons (Fsp3) is 0. The highest BCUT2D eigenvalue weighted by Gasteiger charge is 2.03. The quantitative estimate of drug-likeness (QED) is 0.499. The zero-order valence-corrected chi connectivity index (χ0v) is 12.0. The Balaban J connectivity index is 2.03. The Hall–Kier alpha value is -1.89. The molecule has 2 rings (SSSR count). The van der Waals surface area contributed by atoms with Crippen LogP contribution < -0.4 is 5.43 Å². The van der Waals surface area contributed by atoms with Crippen molar-refractivity contribution in [1.29, 1.82) is 0 Å². The Labute approximate surface area is 124 Å². The number of benzene rings is 2. The van der Waals surface area contributed by atoms with Gasteiger partial charge in [-0.2, -0.15) is 5.10 Å².